The molecule has 0 saturated carbocycles. The number of rotatable bonds is 8. The summed E-state index contributed by atoms with van der Waals surface area (Å²) in [6.45, 7) is 2.05. The summed E-state index contributed by atoms with van der Waals surface area (Å²) in [4.78, 5) is 12.0. The first-order valence-electron chi connectivity index (χ1n) is 7.89. The van der Waals surface area contributed by atoms with E-state index < -0.39 is 0 Å². The average Bonchev–Trinajstić information content (AvgIpc) is 2.57. The molecule has 2 aromatic rings. The molecule has 0 saturated heterocycles. The minimum atomic E-state index is 0.0700. The van der Waals surface area contributed by atoms with Crippen LogP contribution in [-0.2, 0) is 17.0 Å². The van der Waals surface area contributed by atoms with Crippen molar-refractivity contribution in [2.24, 2.45) is 0 Å². The number of hydrogen-bond acceptors (Lipinski definition) is 2. The zero-order chi connectivity index (χ0) is 17.4. The van der Waals surface area contributed by atoms with Gasteiger partial charge in [0.2, 0.25) is 5.91 Å². The quantitative estimate of drug-likeness (QED) is 0.666. The molecule has 0 spiro atoms. The summed E-state index contributed by atoms with van der Waals surface area (Å²) >= 11 is 13.5. The molecule has 128 valence electrons. The molecule has 1 amide bonds. The van der Waals surface area contributed by atoms with Crippen LogP contribution < -0.4 is 5.32 Å². The second kappa shape index (κ2) is 9.97. The predicted molar refractivity (Wildman–Crippen MR) is 105 cm³/mol. The van der Waals surface area contributed by atoms with Gasteiger partial charge in [0.25, 0.3) is 0 Å². The van der Waals surface area contributed by atoms with Crippen molar-refractivity contribution in [2.75, 3.05) is 5.75 Å². The monoisotopic (exact) mass is 381 g/mol. The van der Waals surface area contributed by atoms with Crippen LogP contribution in [0.25, 0.3) is 0 Å². The molecule has 2 rings (SSSR count). The van der Waals surface area contributed by atoms with Gasteiger partial charge in [-0.3, -0.25) is 4.79 Å². The lowest BCUT2D eigenvalue weighted by atomic mass is 10.1. The molecule has 0 aliphatic heterocycles. The van der Waals surface area contributed by atoms with Crippen molar-refractivity contribution in [1.82, 2.24) is 5.32 Å². The first-order chi connectivity index (χ1) is 11.5. The summed E-state index contributed by atoms with van der Waals surface area (Å²) in [6.07, 6.45) is 1.91. The SMILES string of the molecule is CC(CCc1ccccc1)NC(=O)CSCc1ccc(Cl)c(Cl)c1. The van der Waals surface area contributed by atoms with Gasteiger partial charge < -0.3 is 5.32 Å². The summed E-state index contributed by atoms with van der Waals surface area (Å²) < 4.78 is 0. The van der Waals surface area contributed by atoms with Crippen LogP contribution in [0, 0.1) is 0 Å². The number of halogens is 2. The minimum Gasteiger partial charge on any atom is -0.353 e. The second-order valence-electron chi connectivity index (χ2n) is 5.73. The number of amides is 1. The molecule has 1 unspecified atom stereocenters. The van der Waals surface area contributed by atoms with Gasteiger partial charge in [0.05, 0.1) is 15.8 Å². The highest BCUT2D eigenvalue weighted by Gasteiger charge is 2.08. The van der Waals surface area contributed by atoms with Crippen LogP contribution in [0.5, 0.6) is 0 Å². The Hall–Kier alpha value is -1.16. The topological polar surface area (TPSA) is 29.1 Å². The van der Waals surface area contributed by atoms with E-state index in [-0.39, 0.29) is 11.9 Å². The number of benzene rings is 2. The summed E-state index contributed by atoms with van der Waals surface area (Å²) in [5, 5.41) is 4.15. The van der Waals surface area contributed by atoms with Gasteiger partial charge in [0.15, 0.2) is 0 Å². The molecule has 5 heteroatoms. The fourth-order valence-electron chi connectivity index (χ4n) is 2.31. The van der Waals surface area contributed by atoms with Crippen molar-refractivity contribution in [3.8, 4) is 0 Å². The Morgan fingerprint density at radius 1 is 1.08 bits per heavy atom. The van der Waals surface area contributed by atoms with Crippen LogP contribution in [0.1, 0.15) is 24.5 Å². The largest absolute Gasteiger partial charge is 0.353 e. The van der Waals surface area contributed by atoms with E-state index in [0.717, 1.165) is 24.2 Å². The maximum Gasteiger partial charge on any atom is 0.230 e. The van der Waals surface area contributed by atoms with Crippen molar-refractivity contribution in [3.63, 3.8) is 0 Å². The highest BCUT2D eigenvalue weighted by atomic mass is 35.5. The summed E-state index contributed by atoms with van der Waals surface area (Å²) in [5.74, 6) is 1.25. The molecule has 0 aliphatic carbocycles. The molecule has 0 bridgehead atoms. The van der Waals surface area contributed by atoms with Crippen molar-refractivity contribution >= 4 is 40.9 Å². The molecular formula is C19H21Cl2NOS. The molecule has 1 atom stereocenters. The third-order valence-corrected chi connectivity index (χ3v) is 5.34. The van der Waals surface area contributed by atoms with Gasteiger partial charge in [-0.15, -0.1) is 11.8 Å². The molecule has 0 aliphatic rings. The number of nitrogens with one attached hydrogen (secondary N) is 1. The predicted octanol–water partition coefficient (Wildman–Crippen LogP) is 5.36. The van der Waals surface area contributed by atoms with Gasteiger partial charge >= 0.3 is 0 Å². The molecule has 0 fully saturated rings. The lowest BCUT2D eigenvalue weighted by Crippen LogP contribution is -2.34. The summed E-state index contributed by atoms with van der Waals surface area (Å²) in [5.41, 5.74) is 2.37. The smallest absolute Gasteiger partial charge is 0.230 e. The Morgan fingerprint density at radius 2 is 1.83 bits per heavy atom. The zero-order valence-corrected chi connectivity index (χ0v) is 15.9. The molecule has 2 aromatic carbocycles. The van der Waals surface area contributed by atoms with Gasteiger partial charge in [0.1, 0.15) is 0 Å². The Kier molecular flexibility index (Phi) is 7.97. The Balaban J connectivity index is 1.66. The number of carbonyl (C=O) groups is 1. The lowest BCUT2D eigenvalue weighted by Gasteiger charge is -2.14. The van der Waals surface area contributed by atoms with Crippen LogP contribution in [0.3, 0.4) is 0 Å². The molecule has 0 aromatic heterocycles. The van der Waals surface area contributed by atoms with Crippen LogP contribution in [0.15, 0.2) is 48.5 Å². The normalized spacial score (nSPS) is 12.0. The third-order valence-electron chi connectivity index (χ3n) is 3.60. The van der Waals surface area contributed by atoms with E-state index in [1.807, 2.05) is 37.3 Å². The van der Waals surface area contributed by atoms with E-state index >= 15 is 0 Å². The third kappa shape index (κ3) is 6.76. The van der Waals surface area contributed by atoms with E-state index in [1.54, 1.807) is 17.8 Å². The Morgan fingerprint density at radius 3 is 2.54 bits per heavy atom. The number of carbonyl (C=O) groups excluding carboxylic acids is 1. The first-order valence-corrected chi connectivity index (χ1v) is 9.80. The van der Waals surface area contributed by atoms with Gasteiger partial charge in [0, 0.05) is 11.8 Å². The van der Waals surface area contributed by atoms with Crippen LogP contribution in [-0.4, -0.2) is 17.7 Å². The average molecular weight is 382 g/mol. The molecular weight excluding hydrogens is 361 g/mol. The standard InChI is InChI=1S/C19H21Cl2NOS/c1-14(7-8-15-5-3-2-4-6-15)22-19(23)13-24-12-16-9-10-17(20)18(21)11-16/h2-6,9-11,14H,7-8,12-13H2,1H3,(H,22,23). The number of thioether (sulfide) groups is 1. The first kappa shape index (κ1) is 19.2. The number of aryl methyl sites for hydroxylation is 1. The minimum absolute atomic E-state index is 0.0700. The molecule has 2 nitrogen and oxygen atoms in total. The Bertz CT molecular complexity index is 664. The van der Waals surface area contributed by atoms with E-state index in [0.29, 0.717) is 15.8 Å². The molecule has 1 N–H and O–H groups in total. The van der Waals surface area contributed by atoms with Crippen molar-refractivity contribution in [2.45, 2.75) is 31.6 Å². The van der Waals surface area contributed by atoms with Gasteiger partial charge in [-0.25, -0.2) is 0 Å². The summed E-state index contributed by atoms with van der Waals surface area (Å²) in [7, 11) is 0. The van der Waals surface area contributed by atoms with Crippen molar-refractivity contribution < 1.29 is 4.79 Å². The number of hydrogen-bond donors (Lipinski definition) is 1. The Labute approximate surface area is 157 Å². The fourth-order valence-corrected chi connectivity index (χ4v) is 3.41. The van der Waals surface area contributed by atoms with E-state index in [2.05, 4.69) is 17.4 Å². The van der Waals surface area contributed by atoms with E-state index in [4.69, 9.17) is 23.2 Å². The fraction of sp³-hybridized carbons (Fsp3) is 0.316. The van der Waals surface area contributed by atoms with Gasteiger partial charge in [-0.2, -0.15) is 0 Å². The van der Waals surface area contributed by atoms with Gasteiger partial charge in [-0.05, 0) is 43.0 Å². The van der Waals surface area contributed by atoms with E-state index in [1.165, 1.54) is 5.56 Å². The molecule has 0 heterocycles. The maximum absolute atomic E-state index is 12.0. The van der Waals surface area contributed by atoms with Crippen molar-refractivity contribution in [1.29, 1.82) is 0 Å². The molecule has 0 radical (unpaired) electrons. The highest BCUT2D eigenvalue weighted by molar-refractivity contribution is 7.99. The van der Waals surface area contributed by atoms with Crippen LogP contribution >= 0.6 is 35.0 Å². The zero-order valence-electron chi connectivity index (χ0n) is 13.6. The lowest BCUT2D eigenvalue weighted by molar-refractivity contribution is -0.119. The van der Waals surface area contributed by atoms with E-state index in [9.17, 15) is 4.79 Å². The highest BCUT2D eigenvalue weighted by Crippen LogP contribution is 2.24. The van der Waals surface area contributed by atoms with Crippen molar-refractivity contribution in [3.05, 3.63) is 69.7 Å². The summed E-state index contributed by atoms with van der Waals surface area (Å²) in [6, 6.07) is 16.0. The maximum atomic E-state index is 12.0. The van der Waals surface area contributed by atoms with Gasteiger partial charge in [-0.1, -0.05) is 59.6 Å². The second-order valence-corrected chi connectivity index (χ2v) is 7.53. The molecule has 24 heavy (non-hydrogen) atoms. The van der Waals surface area contributed by atoms with Crippen LogP contribution in [0.2, 0.25) is 10.0 Å². The van der Waals surface area contributed by atoms with Crippen LogP contribution in [0.4, 0.5) is 0 Å².